The molecule has 7 heteroatoms. The highest BCUT2D eigenvalue weighted by Crippen LogP contribution is 2.30. The van der Waals surface area contributed by atoms with Crippen molar-refractivity contribution in [1.29, 1.82) is 0 Å². The van der Waals surface area contributed by atoms with Gasteiger partial charge in [-0.25, -0.2) is 0 Å². The molecule has 0 aromatic heterocycles. The molecule has 3 aromatic rings. The van der Waals surface area contributed by atoms with Crippen LogP contribution in [-0.4, -0.2) is 57.0 Å². The van der Waals surface area contributed by atoms with E-state index >= 15 is 0 Å². The van der Waals surface area contributed by atoms with Crippen LogP contribution in [0.25, 0.3) is 6.08 Å². The van der Waals surface area contributed by atoms with Gasteiger partial charge in [0.15, 0.2) is 17.3 Å². The fourth-order valence-corrected chi connectivity index (χ4v) is 4.38. The lowest BCUT2D eigenvalue weighted by atomic mass is 10.0. The Morgan fingerprint density at radius 3 is 2.32 bits per heavy atom. The monoisotopic (exact) mass is 514 g/mol. The Morgan fingerprint density at radius 2 is 1.58 bits per heavy atom. The molecule has 0 amide bonds. The number of carbonyl (C=O) groups is 2. The first kappa shape index (κ1) is 26.9. The molecule has 0 bridgehead atoms. The van der Waals surface area contributed by atoms with E-state index in [1.165, 1.54) is 14.0 Å². The number of piperazine rings is 1. The third-order valence-electron chi connectivity index (χ3n) is 6.48. The minimum atomic E-state index is -0.439. The predicted octanol–water partition coefficient (Wildman–Crippen LogP) is 4.78. The first-order valence-electron chi connectivity index (χ1n) is 12.7. The van der Waals surface area contributed by atoms with Gasteiger partial charge in [0.2, 0.25) is 0 Å². The third kappa shape index (κ3) is 7.23. The number of carbonyl (C=O) groups excluding carboxylic acids is 2. The topological polar surface area (TPSA) is 68.3 Å². The molecule has 0 N–H and O–H groups in total. The molecule has 1 fully saturated rings. The number of hydrogen-bond acceptors (Lipinski definition) is 7. The molecule has 0 aliphatic carbocycles. The van der Waals surface area contributed by atoms with Gasteiger partial charge in [-0.1, -0.05) is 48.5 Å². The molecule has 198 valence electrons. The van der Waals surface area contributed by atoms with E-state index in [1.54, 1.807) is 30.4 Å². The van der Waals surface area contributed by atoms with Crippen molar-refractivity contribution in [3.63, 3.8) is 0 Å². The van der Waals surface area contributed by atoms with Gasteiger partial charge >= 0.3 is 5.97 Å². The molecule has 0 radical (unpaired) electrons. The maximum Gasteiger partial charge on any atom is 0.308 e. The number of para-hydroxylation sites is 2. The maximum absolute atomic E-state index is 12.8. The largest absolute Gasteiger partial charge is 0.493 e. The number of rotatable bonds is 10. The van der Waals surface area contributed by atoms with Gasteiger partial charge in [-0.15, -0.1) is 0 Å². The van der Waals surface area contributed by atoms with Gasteiger partial charge in [-0.05, 0) is 54.1 Å². The number of likely N-dealkylation sites (N-methyl/N-ethyl adjacent to an activating group) is 1. The average molecular weight is 515 g/mol. The molecule has 1 aliphatic rings. The normalized spacial score (nSPS) is 13.9. The number of benzene rings is 3. The van der Waals surface area contributed by atoms with Crippen LogP contribution >= 0.6 is 0 Å². The minimum absolute atomic E-state index is 0.0415. The van der Waals surface area contributed by atoms with E-state index in [4.69, 9.17) is 14.2 Å². The van der Waals surface area contributed by atoms with Crippen LogP contribution in [0.3, 0.4) is 0 Å². The minimum Gasteiger partial charge on any atom is -0.493 e. The van der Waals surface area contributed by atoms with E-state index in [0.717, 1.165) is 54.3 Å². The predicted molar refractivity (Wildman–Crippen MR) is 149 cm³/mol. The number of allylic oxidation sites excluding steroid dienone is 1. The summed E-state index contributed by atoms with van der Waals surface area (Å²) in [4.78, 5) is 28.9. The molecule has 0 unspecified atom stereocenters. The Balaban J connectivity index is 1.42. The summed E-state index contributed by atoms with van der Waals surface area (Å²) in [6.45, 7) is 5.68. The Labute approximate surface area is 224 Å². The molecule has 7 nitrogen and oxygen atoms in total. The third-order valence-corrected chi connectivity index (χ3v) is 6.48. The first-order valence-corrected chi connectivity index (χ1v) is 12.7. The van der Waals surface area contributed by atoms with Crippen molar-refractivity contribution >= 4 is 23.5 Å². The van der Waals surface area contributed by atoms with Crippen LogP contribution in [0.15, 0.2) is 72.8 Å². The number of nitrogens with zero attached hydrogens (tertiary/aromatic N) is 2. The summed E-state index contributed by atoms with van der Waals surface area (Å²) in [5.41, 5.74) is 3.73. The fourth-order valence-electron chi connectivity index (χ4n) is 4.38. The summed E-state index contributed by atoms with van der Waals surface area (Å²) in [5, 5.41) is 0. The lowest BCUT2D eigenvalue weighted by molar-refractivity contribution is -0.132. The number of methoxy groups -OCH3 is 1. The van der Waals surface area contributed by atoms with Gasteiger partial charge in [-0.3, -0.25) is 9.59 Å². The van der Waals surface area contributed by atoms with E-state index in [1.807, 2.05) is 42.5 Å². The van der Waals surface area contributed by atoms with E-state index in [9.17, 15) is 9.59 Å². The van der Waals surface area contributed by atoms with Crippen molar-refractivity contribution in [1.82, 2.24) is 4.90 Å². The Bertz CT molecular complexity index is 1290. The van der Waals surface area contributed by atoms with E-state index in [0.29, 0.717) is 18.1 Å². The molecular weight excluding hydrogens is 480 g/mol. The lowest BCUT2D eigenvalue weighted by Crippen LogP contribution is -2.44. The van der Waals surface area contributed by atoms with Crippen LogP contribution in [0.2, 0.25) is 0 Å². The van der Waals surface area contributed by atoms with Crippen LogP contribution in [0, 0.1) is 0 Å². The molecule has 0 spiro atoms. The second-order valence-corrected chi connectivity index (χ2v) is 9.30. The highest BCUT2D eigenvalue weighted by molar-refractivity contribution is 5.95. The number of hydrogen-bond donors (Lipinski definition) is 0. The number of ether oxygens (including phenoxy) is 3. The highest BCUT2D eigenvalue weighted by Gasteiger charge is 2.18. The average Bonchev–Trinajstić information content (AvgIpc) is 2.92. The van der Waals surface area contributed by atoms with Crippen molar-refractivity contribution < 1.29 is 23.8 Å². The van der Waals surface area contributed by atoms with E-state index < -0.39 is 5.97 Å². The zero-order chi connectivity index (χ0) is 26.9. The van der Waals surface area contributed by atoms with Crippen LogP contribution in [0.4, 0.5) is 5.69 Å². The standard InChI is InChI=1S/C31H34N2O5/c1-23(34)38-31-20-24(13-15-30(31)36-3)12-14-27(35)21-25-8-4-5-9-26(25)22-37-29-11-7-6-10-28(29)33-18-16-32(2)17-19-33/h4-15,20H,16-19,21-22H2,1-3H3/b14-12+. The lowest BCUT2D eigenvalue weighted by Gasteiger charge is -2.34. The second-order valence-electron chi connectivity index (χ2n) is 9.30. The number of anilines is 1. The SMILES string of the molecule is COc1ccc(/C=C/C(=O)Cc2ccccc2COc2ccccc2N2CCN(C)CC2)cc1OC(C)=O. The summed E-state index contributed by atoms with van der Waals surface area (Å²) in [6, 6.07) is 21.2. The van der Waals surface area contributed by atoms with Crippen molar-refractivity contribution in [2.45, 2.75) is 20.0 Å². The van der Waals surface area contributed by atoms with Crippen molar-refractivity contribution in [3.05, 3.63) is 89.5 Å². The zero-order valence-corrected chi connectivity index (χ0v) is 22.2. The molecule has 4 rings (SSSR count). The fraction of sp³-hybridized carbons (Fsp3) is 0.290. The molecule has 38 heavy (non-hydrogen) atoms. The van der Waals surface area contributed by atoms with Crippen molar-refractivity contribution in [2.24, 2.45) is 0 Å². The van der Waals surface area contributed by atoms with E-state index in [2.05, 4.69) is 22.9 Å². The van der Waals surface area contributed by atoms with Crippen molar-refractivity contribution in [2.75, 3.05) is 45.2 Å². The molecule has 1 heterocycles. The summed E-state index contributed by atoms with van der Waals surface area (Å²) in [7, 11) is 3.65. The van der Waals surface area contributed by atoms with Crippen LogP contribution in [0.5, 0.6) is 17.2 Å². The van der Waals surface area contributed by atoms with Gasteiger partial charge in [-0.2, -0.15) is 0 Å². The van der Waals surface area contributed by atoms with Gasteiger partial charge in [0.25, 0.3) is 0 Å². The van der Waals surface area contributed by atoms with E-state index in [-0.39, 0.29) is 12.2 Å². The zero-order valence-electron chi connectivity index (χ0n) is 22.2. The molecule has 1 aliphatic heterocycles. The number of ketones is 1. The van der Waals surface area contributed by atoms with Gasteiger partial charge < -0.3 is 24.0 Å². The first-order chi connectivity index (χ1) is 18.4. The van der Waals surface area contributed by atoms with Gasteiger partial charge in [0.05, 0.1) is 12.8 Å². The van der Waals surface area contributed by atoms with Crippen molar-refractivity contribution in [3.8, 4) is 17.2 Å². The van der Waals surface area contributed by atoms with Crippen LogP contribution in [0.1, 0.15) is 23.6 Å². The summed E-state index contributed by atoms with van der Waals surface area (Å²) in [6.07, 6.45) is 3.50. The molecule has 3 aromatic carbocycles. The quantitative estimate of drug-likeness (QED) is 0.219. The number of esters is 1. The summed E-state index contributed by atoms with van der Waals surface area (Å²) >= 11 is 0. The van der Waals surface area contributed by atoms with Gasteiger partial charge in [0.1, 0.15) is 12.4 Å². The molecule has 0 saturated carbocycles. The van der Waals surface area contributed by atoms with Crippen LogP contribution in [-0.2, 0) is 22.6 Å². The molecule has 1 saturated heterocycles. The second kappa shape index (κ2) is 12.9. The summed E-state index contributed by atoms with van der Waals surface area (Å²) in [5.74, 6) is 1.13. The maximum atomic E-state index is 12.8. The van der Waals surface area contributed by atoms with Crippen LogP contribution < -0.4 is 19.1 Å². The Morgan fingerprint density at radius 1 is 0.868 bits per heavy atom. The molecular formula is C31H34N2O5. The Kier molecular flexibility index (Phi) is 9.16. The Hall–Kier alpha value is -4.10. The molecule has 0 atom stereocenters. The van der Waals surface area contributed by atoms with Gasteiger partial charge in [0, 0.05) is 39.5 Å². The highest BCUT2D eigenvalue weighted by atomic mass is 16.6. The summed E-state index contributed by atoms with van der Waals surface area (Å²) < 4.78 is 16.7. The smallest absolute Gasteiger partial charge is 0.308 e.